The zero-order valence-corrected chi connectivity index (χ0v) is 12.3. The highest BCUT2D eigenvalue weighted by Gasteiger charge is 2.10. The van der Waals surface area contributed by atoms with Gasteiger partial charge in [-0.15, -0.1) is 0 Å². The topological polar surface area (TPSA) is 52.9 Å². The SMILES string of the molecule is CC(NC(=O)CCc1ccc(F)cc1)c1cccc(C#N)c1. The molecule has 1 atom stereocenters. The first kappa shape index (κ1) is 15.7. The first-order valence-electron chi connectivity index (χ1n) is 7.12. The molecule has 0 saturated heterocycles. The molecule has 0 radical (unpaired) electrons. The second-order valence-electron chi connectivity index (χ2n) is 5.15. The Morgan fingerprint density at radius 1 is 1.27 bits per heavy atom. The zero-order chi connectivity index (χ0) is 15.9. The number of amides is 1. The van der Waals surface area contributed by atoms with Crippen LogP contribution in [-0.2, 0) is 11.2 Å². The van der Waals surface area contributed by atoms with Crippen molar-refractivity contribution in [3.63, 3.8) is 0 Å². The number of hydrogen-bond donors (Lipinski definition) is 1. The number of hydrogen-bond acceptors (Lipinski definition) is 2. The summed E-state index contributed by atoms with van der Waals surface area (Å²) < 4.78 is 12.8. The Balaban J connectivity index is 1.88. The molecule has 22 heavy (non-hydrogen) atoms. The molecule has 0 heterocycles. The predicted octanol–water partition coefficient (Wildman–Crippen LogP) is 3.51. The van der Waals surface area contributed by atoms with Crippen LogP contribution in [0.2, 0.25) is 0 Å². The van der Waals surface area contributed by atoms with Gasteiger partial charge in [-0.05, 0) is 48.7 Å². The van der Waals surface area contributed by atoms with Crippen molar-refractivity contribution >= 4 is 5.91 Å². The minimum atomic E-state index is -0.279. The first-order valence-corrected chi connectivity index (χ1v) is 7.12. The lowest BCUT2D eigenvalue weighted by atomic mass is 10.0. The van der Waals surface area contributed by atoms with Crippen LogP contribution in [0.15, 0.2) is 48.5 Å². The minimum Gasteiger partial charge on any atom is -0.350 e. The van der Waals surface area contributed by atoms with Crippen LogP contribution in [0.3, 0.4) is 0 Å². The molecule has 112 valence electrons. The molecule has 0 bridgehead atoms. The molecule has 2 aromatic carbocycles. The Hall–Kier alpha value is -2.67. The van der Waals surface area contributed by atoms with Crippen molar-refractivity contribution in [3.8, 4) is 6.07 Å². The number of halogens is 1. The monoisotopic (exact) mass is 296 g/mol. The highest BCUT2D eigenvalue weighted by molar-refractivity contribution is 5.76. The molecular weight excluding hydrogens is 279 g/mol. The summed E-state index contributed by atoms with van der Waals surface area (Å²) in [6, 6.07) is 15.3. The number of nitrogens with zero attached hydrogens (tertiary/aromatic N) is 1. The highest BCUT2D eigenvalue weighted by atomic mass is 19.1. The van der Waals surface area contributed by atoms with Crippen molar-refractivity contribution < 1.29 is 9.18 Å². The highest BCUT2D eigenvalue weighted by Crippen LogP contribution is 2.14. The van der Waals surface area contributed by atoms with Crippen LogP contribution < -0.4 is 5.32 Å². The molecule has 4 heteroatoms. The van der Waals surface area contributed by atoms with Crippen LogP contribution in [0.25, 0.3) is 0 Å². The molecule has 0 saturated carbocycles. The smallest absolute Gasteiger partial charge is 0.220 e. The van der Waals surface area contributed by atoms with Crippen molar-refractivity contribution in [2.75, 3.05) is 0 Å². The molecule has 1 unspecified atom stereocenters. The van der Waals surface area contributed by atoms with Gasteiger partial charge in [0.05, 0.1) is 17.7 Å². The summed E-state index contributed by atoms with van der Waals surface area (Å²) in [4.78, 5) is 12.0. The van der Waals surface area contributed by atoms with Gasteiger partial charge in [0.25, 0.3) is 0 Å². The van der Waals surface area contributed by atoms with E-state index in [1.165, 1.54) is 12.1 Å². The largest absolute Gasteiger partial charge is 0.350 e. The molecule has 0 aliphatic heterocycles. The normalized spacial score (nSPS) is 11.5. The molecule has 0 spiro atoms. The zero-order valence-electron chi connectivity index (χ0n) is 12.3. The Kier molecular flexibility index (Phi) is 5.26. The van der Waals surface area contributed by atoms with Gasteiger partial charge in [0.1, 0.15) is 5.82 Å². The molecule has 0 aromatic heterocycles. The van der Waals surface area contributed by atoms with Gasteiger partial charge >= 0.3 is 0 Å². The van der Waals surface area contributed by atoms with Crippen molar-refractivity contribution in [2.45, 2.75) is 25.8 Å². The van der Waals surface area contributed by atoms with E-state index in [0.29, 0.717) is 18.4 Å². The minimum absolute atomic E-state index is 0.0702. The van der Waals surface area contributed by atoms with Gasteiger partial charge in [0.15, 0.2) is 0 Å². The molecule has 1 amide bonds. The van der Waals surface area contributed by atoms with Crippen molar-refractivity contribution in [1.29, 1.82) is 5.26 Å². The third-order valence-electron chi connectivity index (χ3n) is 3.45. The summed E-state index contributed by atoms with van der Waals surface area (Å²) >= 11 is 0. The van der Waals surface area contributed by atoms with Gasteiger partial charge < -0.3 is 5.32 Å². The number of carbonyl (C=O) groups excluding carboxylic acids is 1. The van der Waals surface area contributed by atoms with Gasteiger partial charge in [-0.3, -0.25) is 4.79 Å². The standard InChI is InChI=1S/C18H17FN2O/c1-13(16-4-2-3-15(11-16)12-20)21-18(22)10-7-14-5-8-17(19)9-6-14/h2-6,8-9,11,13H,7,10H2,1H3,(H,21,22). The number of nitriles is 1. The van der Waals surface area contributed by atoms with E-state index in [2.05, 4.69) is 11.4 Å². The molecule has 2 rings (SSSR count). The van der Waals surface area contributed by atoms with Crippen LogP contribution in [0.5, 0.6) is 0 Å². The molecule has 3 nitrogen and oxygen atoms in total. The molecule has 2 aromatic rings. The Morgan fingerprint density at radius 3 is 2.68 bits per heavy atom. The van der Waals surface area contributed by atoms with Crippen LogP contribution in [-0.4, -0.2) is 5.91 Å². The average Bonchev–Trinajstić information content (AvgIpc) is 2.54. The van der Waals surface area contributed by atoms with E-state index in [-0.39, 0.29) is 17.8 Å². The van der Waals surface area contributed by atoms with Crippen molar-refractivity contribution in [3.05, 3.63) is 71.0 Å². The van der Waals surface area contributed by atoms with Crippen LogP contribution in [0, 0.1) is 17.1 Å². The van der Waals surface area contributed by atoms with Gasteiger partial charge in [-0.1, -0.05) is 24.3 Å². The fourth-order valence-electron chi connectivity index (χ4n) is 2.18. The molecule has 0 aliphatic rings. The average molecular weight is 296 g/mol. The lowest BCUT2D eigenvalue weighted by molar-refractivity contribution is -0.121. The first-order chi connectivity index (χ1) is 10.6. The van der Waals surface area contributed by atoms with E-state index in [0.717, 1.165) is 11.1 Å². The molecule has 0 aliphatic carbocycles. The van der Waals surface area contributed by atoms with E-state index in [1.807, 2.05) is 13.0 Å². The Labute approximate surface area is 129 Å². The molecule has 1 N–H and O–H groups in total. The number of carbonyl (C=O) groups is 1. The third-order valence-corrected chi connectivity index (χ3v) is 3.45. The summed E-state index contributed by atoms with van der Waals surface area (Å²) in [7, 11) is 0. The Bertz CT molecular complexity index is 689. The van der Waals surface area contributed by atoms with Gasteiger partial charge in [-0.2, -0.15) is 5.26 Å². The lowest BCUT2D eigenvalue weighted by Crippen LogP contribution is -2.26. The second-order valence-corrected chi connectivity index (χ2v) is 5.15. The maximum Gasteiger partial charge on any atom is 0.220 e. The van der Waals surface area contributed by atoms with E-state index >= 15 is 0 Å². The van der Waals surface area contributed by atoms with Crippen molar-refractivity contribution in [2.24, 2.45) is 0 Å². The lowest BCUT2D eigenvalue weighted by Gasteiger charge is -2.14. The predicted molar refractivity (Wildman–Crippen MR) is 82.4 cm³/mol. The quantitative estimate of drug-likeness (QED) is 0.918. The summed E-state index contributed by atoms with van der Waals surface area (Å²) in [6.07, 6.45) is 0.908. The second kappa shape index (κ2) is 7.37. The summed E-state index contributed by atoms with van der Waals surface area (Å²) in [6.45, 7) is 1.88. The summed E-state index contributed by atoms with van der Waals surface area (Å²) in [5.41, 5.74) is 2.40. The van der Waals surface area contributed by atoms with Crippen LogP contribution >= 0.6 is 0 Å². The summed E-state index contributed by atoms with van der Waals surface area (Å²) in [5, 5.41) is 11.8. The number of benzene rings is 2. The van der Waals surface area contributed by atoms with Gasteiger partial charge in [-0.25, -0.2) is 4.39 Å². The van der Waals surface area contributed by atoms with Crippen LogP contribution in [0.1, 0.15) is 36.1 Å². The fourth-order valence-corrected chi connectivity index (χ4v) is 2.18. The van der Waals surface area contributed by atoms with E-state index in [9.17, 15) is 9.18 Å². The van der Waals surface area contributed by atoms with Crippen LogP contribution in [0.4, 0.5) is 4.39 Å². The van der Waals surface area contributed by atoms with E-state index < -0.39 is 0 Å². The number of nitrogens with one attached hydrogen (secondary N) is 1. The Morgan fingerprint density at radius 2 is 2.00 bits per heavy atom. The number of rotatable bonds is 5. The molecule has 0 fully saturated rings. The van der Waals surface area contributed by atoms with E-state index in [4.69, 9.17) is 5.26 Å². The number of aryl methyl sites for hydroxylation is 1. The van der Waals surface area contributed by atoms with Gasteiger partial charge in [0.2, 0.25) is 5.91 Å². The summed E-state index contributed by atoms with van der Waals surface area (Å²) in [5.74, 6) is -0.349. The fraction of sp³-hybridized carbons (Fsp3) is 0.222. The molecular formula is C18H17FN2O. The van der Waals surface area contributed by atoms with E-state index in [1.54, 1.807) is 30.3 Å². The van der Waals surface area contributed by atoms with Crippen molar-refractivity contribution in [1.82, 2.24) is 5.32 Å². The third kappa shape index (κ3) is 4.42. The van der Waals surface area contributed by atoms with Gasteiger partial charge in [0, 0.05) is 6.42 Å². The maximum absolute atomic E-state index is 12.8. The maximum atomic E-state index is 12.8.